The number of fused-ring (bicyclic) bond motifs is 1. The third-order valence-electron chi connectivity index (χ3n) is 1.90. The quantitative estimate of drug-likeness (QED) is 0.670. The summed E-state index contributed by atoms with van der Waals surface area (Å²) in [4.78, 5) is 0. The average Bonchev–Trinajstić information content (AvgIpc) is 2.35. The molecule has 0 aromatic rings. The number of hydrogen-bond acceptors (Lipinski definition) is 2. The summed E-state index contributed by atoms with van der Waals surface area (Å²) < 4.78 is 6.37. The lowest BCUT2D eigenvalue weighted by Crippen LogP contribution is -1.99. The van der Waals surface area contributed by atoms with Crippen LogP contribution in [0.5, 0.6) is 0 Å². The Kier molecular flexibility index (Phi) is 1.53. The Labute approximate surface area is 73.5 Å². The summed E-state index contributed by atoms with van der Waals surface area (Å²) in [7, 11) is 0. The molecule has 0 spiro atoms. The fourth-order valence-electron chi connectivity index (χ4n) is 1.32. The SMILES string of the molecule is NC1=C2OC=CC(Br)=C2CC1. The van der Waals surface area contributed by atoms with Crippen molar-refractivity contribution in [2.45, 2.75) is 12.8 Å². The van der Waals surface area contributed by atoms with Crippen molar-refractivity contribution in [2.24, 2.45) is 5.73 Å². The molecule has 1 heterocycles. The van der Waals surface area contributed by atoms with Gasteiger partial charge in [-0.1, -0.05) is 15.9 Å². The minimum atomic E-state index is 0.861. The molecule has 0 atom stereocenters. The van der Waals surface area contributed by atoms with Crippen molar-refractivity contribution in [1.29, 1.82) is 0 Å². The first-order valence-electron chi connectivity index (χ1n) is 3.50. The van der Waals surface area contributed by atoms with Crippen LogP contribution in [0.4, 0.5) is 0 Å². The Morgan fingerprint density at radius 2 is 2.27 bits per heavy atom. The molecule has 0 saturated carbocycles. The highest BCUT2D eigenvalue weighted by molar-refractivity contribution is 9.11. The Morgan fingerprint density at radius 1 is 1.45 bits per heavy atom. The maximum atomic E-state index is 5.72. The monoisotopic (exact) mass is 213 g/mol. The van der Waals surface area contributed by atoms with Gasteiger partial charge < -0.3 is 10.5 Å². The molecule has 2 aliphatic rings. The van der Waals surface area contributed by atoms with Crippen molar-refractivity contribution in [3.63, 3.8) is 0 Å². The van der Waals surface area contributed by atoms with E-state index in [0.717, 1.165) is 28.8 Å². The normalized spacial score (nSPS) is 22.3. The molecule has 0 unspecified atom stereocenters. The molecule has 1 aliphatic heterocycles. The topological polar surface area (TPSA) is 35.2 Å². The first kappa shape index (κ1) is 6.98. The number of hydrogen-bond donors (Lipinski definition) is 1. The van der Waals surface area contributed by atoms with Crippen molar-refractivity contribution in [3.8, 4) is 0 Å². The van der Waals surface area contributed by atoms with Gasteiger partial charge in [-0.2, -0.15) is 0 Å². The van der Waals surface area contributed by atoms with Crippen LogP contribution < -0.4 is 5.73 Å². The summed E-state index contributed by atoms with van der Waals surface area (Å²) in [5, 5.41) is 0. The van der Waals surface area contributed by atoms with Crippen molar-refractivity contribution in [3.05, 3.63) is 33.8 Å². The Hall–Kier alpha value is -0.700. The van der Waals surface area contributed by atoms with Crippen LogP contribution in [0, 0.1) is 0 Å². The van der Waals surface area contributed by atoms with Gasteiger partial charge in [-0.05, 0) is 18.9 Å². The van der Waals surface area contributed by atoms with Crippen LogP contribution in [-0.2, 0) is 4.74 Å². The molecule has 1 aliphatic carbocycles. The van der Waals surface area contributed by atoms with E-state index in [0.29, 0.717) is 0 Å². The van der Waals surface area contributed by atoms with Crippen molar-refractivity contribution >= 4 is 15.9 Å². The van der Waals surface area contributed by atoms with Gasteiger partial charge in [-0.15, -0.1) is 0 Å². The molecule has 0 aromatic carbocycles. The van der Waals surface area contributed by atoms with Crippen LogP contribution in [-0.4, -0.2) is 0 Å². The van der Waals surface area contributed by atoms with E-state index in [1.54, 1.807) is 6.26 Å². The van der Waals surface area contributed by atoms with Gasteiger partial charge in [0.2, 0.25) is 0 Å². The molecule has 0 fully saturated rings. The summed E-state index contributed by atoms with van der Waals surface area (Å²) in [6, 6.07) is 0. The van der Waals surface area contributed by atoms with E-state index in [9.17, 15) is 0 Å². The van der Waals surface area contributed by atoms with Crippen molar-refractivity contribution in [2.75, 3.05) is 0 Å². The van der Waals surface area contributed by atoms with Crippen LogP contribution in [0.3, 0.4) is 0 Å². The fraction of sp³-hybridized carbons (Fsp3) is 0.250. The Balaban J connectivity index is 2.50. The number of ether oxygens (including phenoxy) is 1. The smallest absolute Gasteiger partial charge is 0.149 e. The number of nitrogens with two attached hydrogens (primary N) is 1. The zero-order valence-corrected chi connectivity index (χ0v) is 7.52. The van der Waals surface area contributed by atoms with Crippen molar-refractivity contribution < 1.29 is 4.74 Å². The van der Waals surface area contributed by atoms with Crippen LogP contribution in [0.1, 0.15) is 12.8 Å². The standard InChI is InChI=1S/C8H8BrNO/c9-6-3-4-11-8-5(6)1-2-7(8)10/h3-4H,1-2,10H2. The summed E-state index contributed by atoms with van der Waals surface area (Å²) in [6.45, 7) is 0. The molecule has 0 radical (unpaired) electrons. The molecule has 3 heteroatoms. The second-order valence-electron chi connectivity index (χ2n) is 2.60. The highest BCUT2D eigenvalue weighted by atomic mass is 79.9. The van der Waals surface area contributed by atoms with E-state index >= 15 is 0 Å². The summed E-state index contributed by atoms with van der Waals surface area (Å²) in [5.74, 6) is 0.861. The van der Waals surface area contributed by atoms with Crippen LogP contribution >= 0.6 is 15.9 Å². The molecule has 0 bridgehead atoms. The van der Waals surface area contributed by atoms with Crippen LogP contribution in [0.2, 0.25) is 0 Å². The Bertz CT molecular complexity index is 288. The van der Waals surface area contributed by atoms with E-state index in [4.69, 9.17) is 10.5 Å². The van der Waals surface area contributed by atoms with Gasteiger partial charge in [-0.3, -0.25) is 0 Å². The van der Waals surface area contributed by atoms with Gasteiger partial charge in [-0.25, -0.2) is 0 Å². The minimum absolute atomic E-state index is 0.861. The molecular formula is C8H8BrNO. The third-order valence-corrected chi connectivity index (χ3v) is 2.64. The third kappa shape index (κ3) is 0.997. The van der Waals surface area contributed by atoms with Gasteiger partial charge >= 0.3 is 0 Å². The molecule has 0 aromatic heterocycles. The minimum Gasteiger partial charge on any atom is -0.463 e. The highest BCUT2D eigenvalue weighted by Crippen LogP contribution is 2.36. The maximum absolute atomic E-state index is 5.72. The van der Waals surface area contributed by atoms with Gasteiger partial charge in [0.15, 0.2) is 0 Å². The molecule has 2 N–H and O–H groups in total. The van der Waals surface area contributed by atoms with E-state index in [1.165, 1.54) is 5.57 Å². The Morgan fingerprint density at radius 3 is 3.00 bits per heavy atom. The maximum Gasteiger partial charge on any atom is 0.149 e. The molecule has 11 heavy (non-hydrogen) atoms. The molecule has 2 nitrogen and oxygen atoms in total. The van der Waals surface area contributed by atoms with Crippen LogP contribution in [0.15, 0.2) is 33.8 Å². The first-order chi connectivity index (χ1) is 5.29. The lowest BCUT2D eigenvalue weighted by atomic mass is 10.2. The number of halogens is 1. The second-order valence-corrected chi connectivity index (χ2v) is 3.46. The van der Waals surface area contributed by atoms with Gasteiger partial charge in [0.05, 0.1) is 12.0 Å². The largest absolute Gasteiger partial charge is 0.463 e. The van der Waals surface area contributed by atoms with E-state index in [1.807, 2.05) is 6.08 Å². The van der Waals surface area contributed by atoms with E-state index in [-0.39, 0.29) is 0 Å². The van der Waals surface area contributed by atoms with Gasteiger partial charge in [0.25, 0.3) is 0 Å². The van der Waals surface area contributed by atoms with E-state index < -0.39 is 0 Å². The zero-order valence-electron chi connectivity index (χ0n) is 5.93. The molecule has 0 saturated heterocycles. The summed E-state index contributed by atoms with van der Waals surface area (Å²) in [6.07, 6.45) is 5.46. The number of rotatable bonds is 0. The predicted molar refractivity (Wildman–Crippen MR) is 46.6 cm³/mol. The summed E-state index contributed by atoms with van der Waals surface area (Å²) >= 11 is 3.45. The first-order valence-corrected chi connectivity index (χ1v) is 4.29. The van der Waals surface area contributed by atoms with E-state index in [2.05, 4.69) is 15.9 Å². The second kappa shape index (κ2) is 2.41. The van der Waals surface area contributed by atoms with Gasteiger partial charge in [0, 0.05) is 10.1 Å². The lowest BCUT2D eigenvalue weighted by Gasteiger charge is -2.10. The molecular weight excluding hydrogens is 206 g/mol. The molecule has 58 valence electrons. The van der Waals surface area contributed by atoms with Crippen molar-refractivity contribution in [1.82, 2.24) is 0 Å². The highest BCUT2D eigenvalue weighted by Gasteiger charge is 2.22. The zero-order chi connectivity index (χ0) is 7.84. The molecule has 2 rings (SSSR count). The lowest BCUT2D eigenvalue weighted by molar-refractivity contribution is 0.354. The van der Waals surface area contributed by atoms with Crippen LogP contribution in [0.25, 0.3) is 0 Å². The van der Waals surface area contributed by atoms with Gasteiger partial charge in [0.1, 0.15) is 5.76 Å². The predicted octanol–water partition coefficient (Wildman–Crippen LogP) is 2.14. The summed E-state index contributed by atoms with van der Waals surface area (Å²) in [5.41, 5.74) is 7.78. The number of allylic oxidation sites excluding steroid dienone is 4. The average molecular weight is 214 g/mol. The fourth-order valence-corrected chi connectivity index (χ4v) is 1.80. The molecule has 0 amide bonds.